The normalized spacial score (nSPS) is 14.3. The SMILES string of the molecule is CCOP(=O)(OCC)C(CCC/C=C(\C)CCc1ccccc1)S(=O)(=O)O. The Morgan fingerprint density at radius 3 is 2.30 bits per heavy atom. The van der Waals surface area contributed by atoms with E-state index in [1.54, 1.807) is 13.8 Å². The van der Waals surface area contributed by atoms with Crippen molar-refractivity contribution >= 4 is 17.7 Å². The van der Waals surface area contributed by atoms with E-state index in [0.29, 0.717) is 12.8 Å². The Kier molecular flexibility index (Phi) is 10.5. The highest BCUT2D eigenvalue weighted by Gasteiger charge is 2.43. The zero-order chi connectivity index (χ0) is 20.3. The van der Waals surface area contributed by atoms with Crippen molar-refractivity contribution in [2.24, 2.45) is 0 Å². The zero-order valence-corrected chi connectivity index (χ0v) is 18.0. The van der Waals surface area contributed by atoms with Crippen molar-refractivity contribution in [3.8, 4) is 0 Å². The van der Waals surface area contributed by atoms with Gasteiger partial charge in [0.1, 0.15) is 0 Å². The summed E-state index contributed by atoms with van der Waals surface area (Å²) in [6, 6.07) is 10.2. The van der Waals surface area contributed by atoms with Crippen LogP contribution in [0.1, 0.15) is 52.0 Å². The number of hydrogen-bond donors (Lipinski definition) is 1. The molecular formula is C19H31O6PS. The van der Waals surface area contributed by atoms with E-state index in [0.717, 1.165) is 12.8 Å². The smallest absolute Gasteiger partial charge is 0.308 e. The van der Waals surface area contributed by atoms with E-state index in [1.165, 1.54) is 11.1 Å². The van der Waals surface area contributed by atoms with E-state index in [-0.39, 0.29) is 19.6 Å². The van der Waals surface area contributed by atoms with Crippen molar-refractivity contribution < 1.29 is 26.6 Å². The van der Waals surface area contributed by atoms with Crippen molar-refractivity contribution in [1.82, 2.24) is 0 Å². The van der Waals surface area contributed by atoms with Crippen LogP contribution in [0.2, 0.25) is 0 Å². The van der Waals surface area contributed by atoms with Crippen LogP contribution >= 0.6 is 7.60 Å². The number of benzene rings is 1. The molecule has 0 aliphatic rings. The first-order valence-corrected chi connectivity index (χ1v) is 12.4. The first kappa shape index (κ1) is 24.1. The summed E-state index contributed by atoms with van der Waals surface area (Å²) in [5.74, 6) is 0. The second kappa shape index (κ2) is 11.8. The molecule has 0 radical (unpaired) electrons. The van der Waals surface area contributed by atoms with Gasteiger partial charge in [-0.15, -0.1) is 0 Å². The molecule has 1 atom stereocenters. The lowest BCUT2D eigenvalue weighted by atomic mass is 10.0. The quantitative estimate of drug-likeness (QED) is 0.205. The van der Waals surface area contributed by atoms with Gasteiger partial charge in [-0.2, -0.15) is 8.42 Å². The standard InChI is InChI=1S/C19H31O6PS/c1-4-24-26(20,25-5-2)19(27(21,22)23)14-10-9-11-17(3)15-16-18-12-7-6-8-13-18/h6-8,11-13,19H,4-5,9-10,14-16H2,1-3H3,(H,21,22,23)/b17-11+. The van der Waals surface area contributed by atoms with Crippen molar-refractivity contribution in [1.29, 1.82) is 0 Å². The maximum Gasteiger partial charge on any atom is 0.351 e. The van der Waals surface area contributed by atoms with Crippen LogP contribution < -0.4 is 0 Å². The van der Waals surface area contributed by atoms with Gasteiger partial charge < -0.3 is 9.05 Å². The lowest BCUT2D eigenvalue weighted by Crippen LogP contribution is -2.23. The van der Waals surface area contributed by atoms with Crippen LogP contribution in [0, 0.1) is 0 Å². The van der Waals surface area contributed by atoms with Gasteiger partial charge in [-0.3, -0.25) is 9.12 Å². The highest BCUT2D eigenvalue weighted by atomic mass is 32.2. The number of hydrogen-bond acceptors (Lipinski definition) is 5. The average Bonchev–Trinajstić information content (AvgIpc) is 2.60. The fraction of sp³-hybridized carbons (Fsp3) is 0.579. The molecule has 0 aromatic heterocycles. The highest BCUT2D eigenvalue weighted by molar-refractivity contribution is 7.94. The van der Waals surface area contributed by atoms with Crippen molar-refractivity contribution in [2.45, 2.75) is 57.9 Å². The van der Waals surface area contributed by atoms with E-state index in [9.17, 15) is 17.5 Å². The lowest BCUT2D eigenvalue weighted by Gasteiger charge is -2.23. The highest BCUT2D eigenvalue weighted by Crippen LogP contribution is 2.56. The van der Waals surface area contributed by atoms with E-state index < -0.39 is 22.7 Å². The third kappa shape index (κ3) is 8.71. The molecule has 0 amide bonds. The Balaban J connectivity index is 2.62. The molecule has 1 aromatic rings. The number of aryl methyl sites for hydroxylation is 1. The van der Waals surface area contributed by atoms with Crippen LogP contribution in [-0.4, -0.2) is 31.2 Å². The second-order valence-corrected chi connectivity index (χ2v) is 10.5. The minimum atomic E-state index is -4.55. The van der Waals surface area contributed by atoms with Crippen LogP contribution in [0.4, 0.5) is 0 Å². The van der Waals surface area contributed by atoms with Gasteiger partial charge in [0.25, 0.3) is 10.1 Å². The maximum atomic E-state index is 12.7. The number of unbranched alkanes of at least 4 members (excludes halogenated alkanes) is 1. The average molecular weight is 418 g/mol. The van der Waals surface area contributed by atoms with Gasteiger partial charge in [0.2, 0.25) is 0 Å². The van der Waals surface area contributed by atoms with Crippen molar-refractivity contribution in [3.63, 3.8) is 0 Å². The first-order valence-electron chi connectivity index (χ1n) is 9.27. The third-order valence-corrected chi connectivity index (χ3v) is 8.81. The zero-order valence-electron chi connectivity index (χ0n) is 16.3. The van der Waals surface area contributed by atoms with Crippen LogP contribution in [0.3, 0.4) is 0 Å². The van der Waals surface area contributed by atoms with Gasteiger partial charge in [0, 0.05) is 0 Å². The molecule has 154 valence electrons. The molecule has 0 spiro atoms. The predicted molar refractivity (Wildman–Crippen MR) is 109 cm³/mol. The molecule has 0 saturated heterocycles. The van der Waals surface area contributed by atoms with Gasteiger partial charge in [0.15, 0.2) is 4.99 Å². The molecule has 27 heavy (non-hydrogen) atoms. The van der Waals surface area contributed by atoms with Crippen molar-refractivity contribution in [2.75, 3.05) is 13.2 Å². The summed E-state index contributed by atoms with van der Waals surface area (Å²) in [6.07, 6.45) is 5.01. The summed E-state index contributed by atoms with van der Waals surface area (Å²) >= 11 is 0. The number of allylic oxidation sites excluding steroid dienone is 2. The molecule has 1 aromatic carbocycles. The van der Waals surface area contributed by atoms with Gasteiger partial charge in [0.05, 0.1) is 13.2 Å². The van der Waals surface area contributed by atoms with Crippen LogP contribution in [-0.2, 0) is 30.2 Å². The predicted octanol–water partition coefficient (Wildman–Crippen LogP) is 5.22. The Morgan fingerprint density at radius 1 is 1.19 bits per heavy atom. The second-order valence-electron chi connectivity index (χ2n) is 6.31. The fourth-order valence-corrected chi connectivity index (χ4v) is 6.52. The largest absolute Gasteiger partial charge is 0.351 e. The Hall–Kier alpha value is -0.980. The minimum Gasteiger partial charge on any atom is -0.308 e. The molecule has 0 aliphatic heterocycles. The maximum absolute atomic E-state index is 12.7. The summed E-state index contributed by atoms with van der Waals surface area (Å²) < 4.78 is 55.9. The molecule has 8 heteroatoms. The minimum absolute atomic E-state index is 0.0125. The fourth-order valence-electron chi connectivity index (χ4n) is 2.76. The van der Waals surface area contributed by atoms with Gasteiger partial charge >= 0.3 is 7.60 Å². The molecule has 1 N–H and O–H groups in total. The summed E-state index contributed by atoms with van der Waals surface area (Å²) in [5, 5.41) is 0. The van der Waals surface area contributed by atoms with Gasteiger partial charge in [-0.25, -0.2) is 0 Å². The first-order chi connectivity index (χ1) is 12.7. The molecule has 1 unspecified atom stereocenters. The Labute approximate surface area is 163 Å². The van der Waals surface area contributed by atoms with Crippen LogP contribution in [0.25, 0.3) is 0 Å². The summed E-state index contributed by atoms with van der Waals surface area (Å²) in [7, 11) is -8.47. The summed E-state index contributed by atoms with van der Waals surface area (Å²) in [4.78, 5) is -1.55. The molecule has 0 bridgehead atoms. The monoisotopic (exact) mass is 418 g/mol. The topological polar surface area (TPSA) is 89.9 Å². The lowest BCUT2D eigenvalue weighted by molar-refractivity contribution is 0.215. The van der Waals surface area contributed by atoms with E-state index in [2.05, 4.69) is 18.2 Å². The molecular weight excluding hydrogens is 387 g/mol. The molecule has 6 nitrogen and oxygen atoms in total. The summed E-state index contributed by atoms with van der Waals surface area (Å²) in [5.41, 5.74) is 2.48. The Morgan fingerprint density at radius 2 is 1.78 bits per heavy atom. The molecule has 1 rings (SSSR count). The van der Waals surface area contributed by atoms with Gasteiger partial charge in [-0.05, 0) is 58.4 Å². The van der Waals surface area contributed by atoms with E-state index in [1.807, 2.05) is 25.1 Å². The van der Waals surface area contributed by atoms with Crippen LogP contribution in [0.15, 0.2) is 42.0 Å². The van der Waals surface area contributed by atoms with E-state index in [4.69, 9.17) is 9.05 Å². The van der Waals surface area contributed by atoms with Gasteiger partial charge in [-0.1, -0.05) is 42.0 Å². The summed E-state index contributed by atoms with van der Waals surface area (Å²) in [6.45, 7) is 5.33. The number of rotatable bonds is 13. The van der Waals surface area contributed by atoms with Crippen LogP contribution in [0.5, 0.6) is 0 Å². The molecule has 0 aliphatic carbocycles. The van der Waals surface area contributed by atoms with Crippen molar-refractivity contribution in [3.05, 3.63) is 47.5 Å². The Bertz CT molecular complexity index is 720. The molecule has 0 fully saturated rings. The third-order valence-electron chi connectivity index (χ3n) is 4.11. The molecule has 0 heterocycles. The molecule has 0 saturated carbocycles. The van der Waals surface area contributed by atoms with E-state index >= 15 is 0 Å².